The number of hydrogen-bond donors (Lipinski definition) is 3. The number of aryl methyl sites for hydroxylation is 1. The van der Waals surface area contributed by atoms with Gasteiger partial charge in [0.2, 0.25) is 5.91 Å². The summed E-state index contributed by atoms with van der Waals surface area (Å²) in [4.78, 5) is 39.3. The van der Waals surface area contributed by atoms with Crippen LogP contribution in [0.25, 0.3) is 0 Å². The minimum absolute atomic E-state index is 0.183. The normalized spacial score (nSPS) is 11.2. The van der Waals surface area contributed by atoms with Crippen molar-refractivity contribution in [3.05, 3.63) is 61.9 Å². The predicted molar refractivity (Wildman–Crippen MR) is 89.5 cm³/mol. The molecular formula is C16H18N4O4. The highest BCUT2D eigenvalue weighted by Crippen LogP contribution is 2.11. The van der Waals surface area contributed by atoms with Gasteiger partial charge >= 0.3 is 5.69 Å². The van der Waals surface area contributed by atoms with Crippen LogP contribution in [0.3, 0.4) is 0 Å². The number of H-pyrrole nitrogens is 2. The Morgan fingerprint density at radius 3 is 2.46 bits per heavy atom. The molecule has 0 unspecified atom stereocenters. The van der Waals surface area contributed by atoms with Gasteiger partial charge in [-0.25, -0.2) is 10.2 Å². The van der Waals surface area contributed by atoms with Gasteiger partial charge in [-0.05, 0) is 43.7 Å². The Balaban J connectivity index is 2.07. The number of ether oxygens (including phenoxy) is 1. The van der Waals surface area contributed by atoms with E-state index in [-0.39, 0.29) is 12.0 Å². The fraction of sp³-hybridized carbons (Fsp3) is 0.250. The molecule has 126 valence electrons. The lowest BCUT2D eigenvalue weighted by atomic mass is 10.1. The molecule has 1 heterocycles. The topological polar surface area (TPSA) is 116 Å². The van der Waals surface area contributed by atoms with Crippen LogP contribution in [0.2, 0.25) is 0 Å². The monoisotopic (exact) mass is 330 g/mol. The van der Waals surface area contributed by atoms with E-state index in [1.807, 2.05) is 12.1 Å². The molecule has 0 aliphatic heterocycles. The van der Waals surface area contributed by atoms with Crippen LogP contribution in [0.15, 0.2) is 39.0 Å². The van der Waals surface area contributed by atoms with Gasteiger partial charge in [-0.3, -0.25) is 14.6 Å². The van der Waals surface area contributed by atoms with Crippen molar-refractivity contribution in [3.63, 3.8) is 0 Å². The van der Waals surface area contributed by atoms with Crippen molar-refractivity contribution in [2.24, 2.45) is 5.10 Å². The Kier molecular flexibility index (Phi) is 5.31. The van der Waals surface area contributed by atoms with E-state index in [9.17, 15) is 14.4 Å². The maximum Gasteiger partial charge on any atom is 0.325 e. The van der Waals surface area contributed by atoms with Crippen molar-refractivity contribution < 1.29 is 9.53 Å². The maximum absolute atomic E-state index is 12.0. The molecular weight excluding hydrogens is 312 g/mol. The number of hydrazone groups is 1. The first-order chi connectivity index (χ1) is 11.4. The van der Waals surface area contributed by atoms with Crippen LogP contribution in [0.4, 0.5) is 0 Å². The Bertz CT molecular complexity index is 878. The summed E-state index contributed by atoms with van der Waals surface area (Å²) in [7, 11) is 1.58. The molecule has 2 aromatic rings. The third-order valence-electron chi connectivity index (χ3n) is 3.45. The number of methoxy groups -OCH3 is 1. The van der Waals surface area contributed by atoms with E-state index < -0.39 is 17.2 Å². The second-order valence-corrected chi connectivity index (χ2v) is 5.15. The van der Waals surface area contributed by atoms with Crippen molar-refractivity contribution in [2.75, 3.05) is 7.11 Å². The van der Waals surface area contributed by atoms with E-state index in [0.29, 0.717) is 11.4 Å². The molecule has 0 fully saturated rings. The molecule has 8 nitrogen and oxygen atoms in total. The Morgan fingerprint density at radius 1 is 1.21 bits per heavy atom. The number of carbonyl (C=O) groups is 1. The van der Waals surface area contributed by atoms with Gasteiger partial charge < -0.3 is 9.72 Å². The smallest absolute Gasteiger partial charge is 0.325 e. The van der Waals surface area contributed by atoms with Gasteiger partial charge in [-0.15, -0.1) is 0 Å². The molecule has 0 atom stereocenters. The van der Waals surface area contributed by atoms with Crippen LogP contribution < -0.4 is 21.4 Å². The van der Waals surface area contributed by atoms with E-state index in [2.05, 4.69) is 20.5 Å². The van der Waals surface area contributed by atoms with Gasteiger partial charge in [0.05, 0.1) is 19.2 Å². The van der Waals surface area contributed by atoms with E-state index in [4.69, 9.17) is 4.74 Å². The van der Waals surface area contributed by atoms with Gasteiger partial charge in [-0.1, -0.05) is 0 Å². The number of aromatic nitrogens is 2. The predicted octanol–water partition coefficient (Wildman–Crippen LogP) is 0.463. The van der Waals surface area contributed by atoms with Crippen LogP contribution in [0.1, 0.15) is 23.7 Å². The summed E-state index contributed by atoms with van der Waals surface area (Å²) in [6.45, 7) is 3.31. The average molecular weight is 330 g/mol. The number of nitrogens with zero attached hydrogens (tertiary/aromatic N) is 1. The summed E-state index contributed by atoms with van der Waals surface area (Å²) in [5, 5.41) is 4.01. The largest absolute Gasteiger partial charge is 0.497 e. The third kappa shape index (κ3) is 4.19. The average Bonchev–Trinajstić information content (AvgIpc) is 2.56. The summed E-state index contributed by atoms with van der Waals surface area (Å²) < 4.78 is 5.08. The molecule has 3 N–H and O–H groups in total. The summed E-state index contributed by atoms with van der Waals surface area (Å²) >= 11 is 0. The van der Waals surface area contributed by atoms with Crippen LogP contribution in [0.5, 0.6) is 5.75 Å². The zero-order valence-corrected chi connectivity index (χ0v) is 13.6. The SMILES string of the molecule is COc1ccc(/C(C)=N/NC(=O)Cc2c(C)[nH]c(=O)[nH]c2=O)cc1. The fourth-order valence-corrected chi connectivity index (χ4v) is 2.08. The quantitative estimate of drug-likeness (QED) is 0.545. The van der Waals surface area contributed by atoms with E-state index >= 15 is 0 Å². The van der Waals surface area contributed by atoms with Crippen LogP contribution >= 0.6 is 0 Å². The van der Waals surface area contributed by atoms with Crippen LogP contribution in [-0.2, 0) is 11.2 Å². The van der Waals surface area contributed by atoms with Crippen LogP contribution in [0, 0.1) is 6.92 Å². The number of nitrogens with one attached hydrogen (secondary N) is 3. The fourth-order valence-electron chi connectivity index (χ4n) is 2.08. The first-order valence-electron chi connectivity index (χ1n) is 7.20. The highest BCUT2D eigenvalue weighted by Gasteiger charge is 2.11. The molecule has 0 aliphatic rings. The molecule has 24 heavy (non-hydrogen) atoms. The van der Waals surface area contributed by atoms with Gasteiger partial charge in [-0.2, -0.15) is 5.10 Å². The highest BCUT2D eigenvalue weighted by atomic mass is 16.5. The van der Waals surface area contributed by atoms with Gasteiger partial charge in [0, 0.05) is 11.3 Å². The Hall–Kier alpha value is -3.16. The van der Waals surface area contributed by atoms with Gasteiger partial charge in [0.25, 0.3) is 5.56 Å². The zero-order chi connectivity index (χ0) is 17.7. The molecule has 2 rings (SSSR count). The highest BCUT2D eigenvalue weighted by molar-refractivity contribution is 5.99. The minimum atomic E-state index is -0.602. The van der Waals surface area contributed by atoms with Crippen LogP contribution in [-0.4, -0.2) is 28.7 Å². The van der Waals surface area contributed by atoms with Crippen molar-refractivity contribution in [3.8, 4) is 5.75 Å². The Labute approximate surface area is 137 Å². The van der Waals surface area contributed by atoms with Gasteiger partial charge in [0.15, 0.2) is 0 Å². The molecule has 0 saturated heterocycles. The lowest BCUT2D eigenvalue weighted by Crippen LogP contribution is -2.31. The van der Waals surface area contributed by atoms with Crippen molar-refractivity contribution in [2.45, 2.75) is 20.3 Å². The number of aromatic amines is 2. The second kappa shape index (κ2) is 7.40. The third-order valence-corrected chi connectivity index (χ3v) is 3.45. The number of carbonyl (C=O) groups excluding carboxylic acids is 1. The first-order valence-corrected chi connectivity index (χ1v) is 7.20. The number of rotatable bonds is 5. The van der Waals surface area contributed by atoms with Crippen molar-refractivity contribution in [1.82, 2.24) is 15.4 Å². The van der Waals surface area contributed by atoms with Gasteiger partial charge in [0.1, 0.15) is 5.75 Å². The zero-order valence-electron chi connectivity index (χ0n) is 13.6. The summed E-state index contributed by atoms with van der Waals surface area (Å²) in [6, 6.07) is 7.22. The molecule has 0 radical (unpaired) electrons. The summed E-state index contributed by atoms with van der Waals surface area (Å²) in [5.41, 5.74) is 3.21. The lowest BCUT2D eigenvalue weighted by Gasteiger charge is -2.05. The molecule has 0 spiro atoms. The van der Waals surface area contributed by atoms with E-state index in [0.717, 1.165) is 11.3 Å². The number of hydrogen-bond acceptors (Lipinski definition) is 5. The summed E-state index contributed by atoms with van der Waals surface area (Å²) in [6.07, 6.45) is -0.183. The molecule has 0 saturated carbocycles. The maximum atomic E-state index is 12.0. The molecule has 0 aliphatic carbocycles. The second-order valence-electron chi connectivity index (χ2n) is 5.15. The minimum Gasteiger partial charge on any atom is -0.497 e. The van der Waals surface area contributed by atoms with E-state index in [1.165, 1.54) is 0 Å². The molecule has 1 aromatic carbocycles. The molecule has 1 amide bonds. The van der Waals surface area contributed by atoms with Crippen molar-refractivity contribution >= 4 is 11.6 Å². The lowest BCUT2D eigenvalue weighted by molar-refractivity contribution is -0.120. The number of amides is 1. The standard InChI is InChI=1S/C16H18N4O4/c1-9(11-4-6-12(24-3)7-5-11)19-20-14(21)8-13-10(2)17-16(23)18-15(13)22/h4-7H,8H2,1-3H3,(H,20,21)(H2,17,18,22,23)/b19-9+. The molecule has 1 aromatic heterocycles. The molecule has 8 heteroatoms. The Morgan fingerprint density at radius 2 is 1.88 bits per heavy atom. The number of benzene rings is 1. The molecule has 0 bridgehead atoms. The van der Waals surface area contributed by atoms with E-state index in [1.54, 1.807) is 33.1 Å². The van der Waals surface area contributed by atoms with Crippen molar-refractivity contribution in [1.29, 1.82) is 0 Å². The first kappa shape index (κ1) is 17.2. The summed E-state index contributed by atoms with van der Waals surface area (Å²) in [5.74, 6) is 0.270.